The molecular weight excluding hydrogens is 453 g/mol. The van der Waals surface area contributed by atoms with Crippen LogP contribution in [0.5, 0.6) is 5.75 Å². The lowest BCUT2D eigenvalue weighted by Gasteiger charge is -2.23. The highest BCUT2D eigenvalue weighted by Crippen LogP contribution is 2.38. The second-order valence-electron chi connectivity index (χ2n) is 8.22. The van der Waals surface area contributed by atoms with Crippen molar-refractivity contribution >= 4 is 34.1 Å². The van der Waals surface area contributed by atoms with Crippen molar-refractivity contribution in [3.63, 3.8) is 0 Å². The summed E-state index contributed by atoms with van der Waals surface area (Å²) in [5.41, 5.74) is 4.35. The Morgan fingerprint density at radius 2 is 1.91 bits per heavy atom. The molecule has 1 atom stereocenters. The van der Waals surface area contributed by atoms with E-state index in [0.29, 0.717) is 23.3 Å². The first-order valence-corrected chi connectivity index (χ1v) is 11.2. The molecule has 4 aromatic rings. The van der Waals surface area contributed by atoms with Gasteiger partial charge in [-0.1, -0.05) is 47.5 Å². The summed E-state index contributed by atoms with van der Waals surface area (Å²) < 4.78 is 19.2. The standard InChI is InChI=1S/C27H21ClFN3O2/c1-16-5-3-6-17(11-16)24-15-25(32(31-24)27(33)19-7-4-8-20(29)12-19)22-13-18-9-10-21(34-2)14-23(18)30-26(22)28/h3-14,25H,15H2,1-2H3/t25-/m1/s1. The first-order valence-electron chi connectivity index (χ1n) is 10.8. The fourth-order valence-electron chi connectivity index (χ4n) is 4.19. The van der Waals surface area contributed by atoms with Gasteiger partial charge in [0.25, 0.3) is 5.91 Å². The second kappa shape index (κ2) is 8.88. The summed E-state index contributed by atoms with van der Waals surface area (Å²) in [5.74, 6) is -0.209. The van der Waals surface area contributed by atoms with Crippen molar-refractivity contribution in [2.24, 2.45) is 5.10 Å². The Labute approximate surface area is 201 Å². The SMILES string of the molecule is COc1ccc2cc([C@H]3CC(c4cccc(C)c4)=NN3C(=O)c3cccc(F)c3)c(Cl)nc2c1. The number of benzene rings is 3. The van der Waals surface area contributed by atoms with Gasteiger partial charge in [0.05, 0.1) is 24.4 Å². The number of pyridine rings is 1. The molecular formula is C27H21ClFN3O2. The molecule has 170 valence electrons. The lowest BCUT2D eigenvalue weighted by molar-refractivity contribution is 0.0710. The third kappa shape index (κ3) is 4.13. The van der Waals surface area contributed by atoms with E-state index < -0.39 is 17.8 Å². The topological polar surface area (TPSA) is 54.8 Å². The molecule has 0 bridgehead atoms. The Kier molecular flexibility index (Phi) is 5.75. The molecule has 0 N–H and O–H groups in total. The van der Waals surface area contributed by atoms with Crippen molar-refractivity contribution in [3.8, 4) is 5.75 Å². The third-order valence-electron chi connectivity index (χ3n) is 5.91. The van der Waals surface area contributed by atoms with Gasteiger partial charge in [-0.2, -0.15) is 5.10 Å². The van der Waals surface area contributed by atoms with E-state index in [4.69, 9.17) is 16.3 Å². The fraction of sp³-hybridized carbons (Fsp3) is 0.148. The number of amides is 1. The minimum absolute atomic E-state index is 0.217. The van der Waals surface area contributed by atoms with Gasteiger partial charge in [-0.25, -0.2) is 14.4 Å². The molecule has 0 aliphatic carbocycles. The van der Waals surface area contributed by atoms with E-state index in [2.05, 4.69) is 10.1 Å². The summed E-state index contributed by atoms with van der Waals surface area (Å²) in [7, 11) is 1.59. The van der Waals surface area contributed by atoms with Crippen LogP contribution >= 0.6 is 11.6 Å². The molecule has 5 nitrogen and oxygen atoms in total. The molecule has 2 heterocycles. The van der Waals surface area contributed by atoms with Gasteiger partial charge in [0.2, 0.25) is 0 Å². The number of rotatable bonds is 4. The number of carbonyl (C=O) groups excluding carboxylic acids is 1. The molecule has 34 heavy (non-hydrogen) atoms. The maximum absolute atomic E-state index is 13.9. The van der Waals surface area contributed by atoms with Crippen molar-refractivity contribution in [3.05, 3.63) is 106 Å². The van der Waals surface area contributed by atoms with Crippen molar-refractivity contribution in [2.45, 2.75) is 19.4 Å². The second-order valence-corrected chi connectivity index (χ2v) is 8.58. The zero-order valence-electron chi connectivity index (χ0n) is 18.6. The van der Waals surface area contributed by atoms with Crippen LogP contribution in [0.3, 0.4) is 0 Å². The molecule has 0 saturated carbocycles. The molecule has 0 saturated heterocycles. The molecule has 3 aromatic carbocycles. The molecule has 1 aliphatic rings. The highest BCUT2D eigenvalue weighted by atomic mass is 35.5. The molecule has 1 aliphatic heterocycles. The first-order chi connectivity index (χ1) is 16.4. The molecule has 0 fully saturated rings. The van der Waals surface area contributed by atoms with Crippen molar-refractivity contribution in [1.29, 1.82) is 0 Å². The molecule has 0 radical (unpaired) electrons. The van der Waals surface area contributed by atoms with Crippen LogP contribution in [0, 0.1) is 12.7 Å². The maximum atomic E-state index is 13.9. The van der Waals surface area contributed by atoms with Gasteiger partial charge in [-0.3, -0.25) is 4.79 Å². The molecule has 7 heteroatoms. The third-order valence-corrected chi connectivity index (χ3v) is 6.21. The summed E-state index contributed by atoms with van der Waals surface area (Å²) >= 11 is 6.64. The minimum atomic E-state index is -0.488. The van der Waals surface area contributed by atoms with Crippen LogP contribution in [-0.4, -0.2) is 28.7 Å². The predicted molar refractivity (Wildman–Crippen MR) is 131 cm³/mol. The summed E-state index contributed by atoms with van der Waals surface area (Å²) in [5, 5.41) is 7.22. The van der Waals surface area contributed by atoms with Gasteiger partial charge in [0.1, 0.15) is 16.7 Å². The van der Waals surface area contributed by atoms with Crippen molar-refractivity contribution < 1.29 is 13.9 Å². The van der Waals surface area contributed by atoms with E-state index in [1.54, 1.807) is 13.2 Å². The Bertz CT molecular complexity index is 1450. The summed E-state index contributed by atoms with van der Waals surface area (Å²) in [6.07, 6.45) is 0.452. The number of carbonyl (C=O) groups is 1. The lowest BCUT2D eigenvalue weighted by Crippen LogP contribution is -2.27. The number of hydrazone groups is 1. The van der Waals surface area contributed by atoms with Crippen LogP contribution in [0.15, 0.2) is 77.9 Å². The Hall–Kier alpha value is -3.77. The number of aromatic nitrogens is 1. The van der Waals surface area contributed by atoms with Crippen LogP contribution < -0.4 is 4.74 Å². The van der Waals surface area contributed by atoms with Crippen molar-refractivity contribution in [1.82, 2.24) is 9.99 Å². The van der Waals surface area contributed by atoms with Gasteiger partial charge < -0.3 is 4.74 Å². The number of halogens is 2. The average molecular weight is 474 g/mol. The number of nitrogens with zero attached hydrogens (tertiary/aromatic N) is 3. The monoisotopic (exact) mass is 473 g/mol. The van der Waals surface area contributed by atoms with E-state index in [1.165, 1.54) is 23.2 Å². The normalized spacial score (nSPS) is 15.5. The quantitative estimate of drug-likeness (QED) is 0.325. The van der Waals surface area contributed by atoms with E-state index in [-0.39, 0.29) is 10.7 Å². The van der Waals surface area contributed by atoms with Crippen molar-refractivity contribution in [2.75, 3.05) is 7.11 Å². The van der Waals surface area contributed by atoms with Crippen LogP contribution in [0.25, 0.3) is 10.9 Å². The smallest absolute Gasteiger partial charge is 0.274 e. The molecule has 0 unspecified atom stereocenters. The number of ether oxygens (including phenoxy) is 1. The summed E-state index contributed by atoms with van der Waals surface area (Å²) in [6, 6.07) is 20.6. The zero-order chi connectivity index (χ0) is 23.8. The number of methoxy groups -OCH3 is 1. The van der Waals surface area contributed by atoms with E-state index in [9.17, 15) is 9.18 Å². The lowest BCUT2D eigenvalue weighted by atomic mass is 9.97. The number of fused-ring (bicyclic) bond motifs is 1. The average Bonchev–Trinajstić information content (AvgIpc) is 3.28. The van der Waals surface area contributed by atoms with Gasteiger partial charge in [-0.15, -0.1) is 0 Å². The summed E-state index contributed by atoms with van der Waals surface area (Å²) in [6.45, 7) is 2.00. The Morgan fingerprint density at radius 3 is 2.68 bits per heavy atom. The molecule has 1 aromatic heterocycles. The molecule has 1 amide bonds. The fourth-order valence-corrected chi connectivity index (χ4v) is 4.46. The van der Waals surface area contributed by atoms with E-state index in [0.717, 1.165) is 22.2 Å². The van der Waals surface area contributed by atoms with Crippen LogP contribution in [0.1, 0.15) is 39.5 Å². The predicted octanol–water partition coefficient (Wildman–Crippen LogP) is 6.34. The largest absolute Gasteiger partial charge is 0.497 e. The number of hydrogen-bond donors (Lipinski definition) is 0. The zero-order valence-corrected chi connectivity index (χ0v) is 19.4. The number of hydrogen-bond acceptors (Lipinski definition) is 4. The highest BCUT2D eigenvalue weighted by Gasteiger charge is 2.35. The molecule has 5 rings (SSSR count). The Balaban J connectivity index is 1.61. The van der Waals surface area contributed by atoms with Gasteiger partial charge >= 0.3 is 0 Å². The van der Waals surface area contributed by atoms with Gasteiger partial charge in [-0.05, 0) is 48.9 Å². The minimum Gasteiger partial charge on any atom is -0.497 e. The van der Waals surface area contributed by atoms with E-state index in [1.807, 2.05) is 55.5 Å². The Morgan fingerprint density at radius 1 is 1.09 bits per heavy atom. The maximum Gasteiger partial charge on any atom is 0.274 e. The summed E-state index contributed by atoms with van der Waals surface area (Å²) in [4.78, 5) is 18.0. The highest BCUT2D eigenvalue weighted by molar-refractivity contribution is 6.30. The van der Waals surface area contributed by atoms with E-state index >= 15 is 0 Å². The van der Waals surface area contributed by atoms with Crippen LogP contribution in [-0.2, 0) is 0 Å². The van der Waals surface area contributed by atoms with Gasteiger partial charge in [0, 0.05) is 29.0 Å². The van der Waals surface area contributed by atoms with Crippen LogP contribution in [0.4, 0.5) is 4.39 Å². The molecule has 0 spiro atoms. The first kappa shape index (κ1) is 22.0. The van der Waals surface area contributed by atoms with Crippen LogP contribution in [0.2, 0.25) is 5.15 Å². The van der Waals surface area contributed by atoms with Gasteiger partial charge in [0.15, 0.2) is 0 Å². The number of aryl methyl sites for hydroxylation is 1.